The zero-order chi connectivity index (χ0) is 15.6. The van der Waals surface area contributed by atoms with Crippen LogP contribution in [-0.4, -0.2) is 23.0 Å². The summed E-state index contributed by atoms with van der Waals surface area (Å²) < 4.78 is 0. The van der Waals surface area contributed by atoms with Crippen LogP contribution < -0.4 is 16.0 Å². The summed E-state index contributed by atoms with van der Waals surface area (Å²) in [6.45, 7) is 1.76. The smallest absolute Gasteiger partial charge is 0.269 e. The highest BCUT2D eigenvalue weighted by atomic mass is 32.1. The first-order chi connectivity index (χ1) is 9.93. The van der Waals surface area contributed by atoms with Crippen LogP contribution in [0, 0.1) is 10.1 Å². The van der Waals surface area contributed by atoms with Crippen LogP contribution in [0.4, 0.5) is 5.69 Å². The summed E-state index contributed by atoms with van der Waals surface area (Å²) in [6.07, 6.45) is 0. The summed E-state index contributed by atoms with van der Waals surface area (Å²) in [5, 5.41) is 19.6. The second-order valence-corrected chi connectivity index (χ2v) is 4.91. The first-order valence-electron chi connectivity index (χ1n) is 6.18. The molecule has 8 heteroatoms. The minimum absolute atomic E-state index is 0.00236. The number of allylic oxidation sites excluding steroid dienone is 1. The summed E-state index contributed by atoms with van der Waals surface area (Å²) in [7, 11) is 1.54. The molecule has 1 atom stereocenters. The van der Waals surface area contributed by atoms with Crippen LogP contribution in [-0.2, 0) is 4.79 Å². The number of nitrogens with one attached hydrogen (secondary N) is 3. The monoisotopic (exact) mass is 306 g/mol. The summed E-state index contributed by atoms with van der Waals surface area (Å²) in [5.74, 6) is -0.238. The highest BCUT2D eigenvalue weighted by Crippen LogP contribution is 2.27. The number of nitrogens with zero attached hydrogens (tertiary/aromatic N) is 1. The molecule has 0 unspecified atom stereocenters. The molecule has 0 saturated heterocycles. The van der Waals surface area contributed by atoms with Gasteiger partial charge in [-0.15, -0.1) is 0 Å². The van der Waals surface area contributed by atoms with Crippen LogP contribution in [0.3, 0.4) is 0 Å². The molecule has 0 aliphatic carbocycles. The zero-order valence-corrected chi connectivity index (χ0v) is 12.3. The molecule has 1 aromatic rings. The van der Waals surface area contributed by atoms with Gasteiger partial charge in [0.1, 0.15) is 0 Å². The lowest BCUT2D eigenvalue weighted by molar-refractivity contribution is -0.384. The van der Waals surface area contributed by atoms with Gasteiger partial charge in [-0.1, -0.05) is 0 Å². The van der Waals surface area contributed by atoms with Crippen molar-refractivity contribution in [3.05, 3.63) is 51.2 Å². The number of nitro groups is 1. The summed E-state index contributed by atoms with van der Waals surface area (Å²) in [6, 6.07) is 5.58. The first kappa shape index (κ1) is 14.9. The number of hydrogen-bond donors (Lipinski definition) is 3. The maximum atomic E-state index is 12.0. The number of carbonyl (C=O) groups excluding carboxylic acids is 1. The predicted octanol–water partition coefficient (Wildman–Crippen LogP) is 1.13. The number of hydrogen-bond acceptors (Lipinski definition) is 4. The van der Waals surface area contributed by atoms with Gasteiger partial charge in [0.05, 0.1) is 16.5 Å². The second-order valence-electron chi connectivity index (χ2n) is 4.50. The van der Waals surface area contributed by atoms with E-state index < -0.39 is 11.0 Å². The Morgan fingerprint density at radius 3 is 2.52 bits per heavy atom. The van der Waals surface area contributed by atoms with E-state index in [0.717, 1.165) is 5.56 Å². The molecule has 1 heterocycles. The Morgan fingerprint density at radius 2 is 2.00 bits per heavy atom. The fourth-order valence-corrected chi connectivity index (χ4v) is 2.44. The average Bonchev–Trinajstić information content (AvgIpc) is 2.45. The summed E-state index contributed by atoms with van der Waals surface area (Å²) in [4.78, 5) is 22.3. The number of likely N-dealkylation sites (N-methyl/N-ethyl adjacent to an activating group) is 1. The molecule has 0 fully saturated rings. The molecule has 0 saturated carbocycles. The van der Waals surface area contributed by atoms with Crippen LogP contribution >= 0.6 is 12.2 Å². The molecule has 0 bridgehead atoms. The number of thiocarbonyl (C=S) groups is 1. The Bertz CT molecular complexity index is 639. The van der Waals surface area contributed by atoms with Crippen molar-refractivity contribution in [2.45, 2.75) is 13.0 Å². The molecule has 0 spiro atoms. The molecule has 7 nitrogen and oxygen atoms in total. The van der Waals surface area contributed by atoms with Gasteiger partial charge < -0.3 is 16.0 Å². The minimum atomic E-state index is -0.467. The standard InChI is InChI=1S/C13H14N4O3S/c1-7-10(12(18)14-2)11(16-13(21)15-7)8-3-5-9(6-4-8)17(19)20/h3-6,11H,1-2H3,(H,14,18)(H2,15,16,21)/t11-/m1/s1. The van der Waals surface area contributed by atoms with E-state index in [1.807, 2.05) is 0 Å². The number of rotatable bonds is 3. The fraction of sp³-hybridized carbons (Fsp3) is 0.231. The number of amides is 1. The molecule has 0 radical (unpaired) electrons. The van der Waals surface area contributed by atoms with Gasteiger partial charge in [-0.25, -0.2) is 0 Å². The van der Waals surface area contributed by atoms with E-state index >= 15 is 0 Å². The molecule has 2 rings (SSSR count). The molecule has 110 valence electrons. The highest BCUT2D eigenvalue weighted by molar-refractivity contribution is 7.80. The quantitative estimate of drug-likeness (QED) is 0.440. The largest absolute Gasteiger partial charge is 0.355 e. The van der Waals surface area contributed by atoms with E-state index in [1.165, 1.54) is 12.1 Å². The maximum Gasteiger partial charge on any atom is 0.269 e. The van der Waals surface area contributed by atoms with Gasteiger partial charge in [0, 0.05) is 24.9 Å². The Hall–Kier alpha value is -2.48. The Kier molecular flexibility index (Phi) is 4.18. The van der Waals surface area contributed by atoms with Gasteiger partial charge in [0.15, 0.2) is 5.11 Å². The molecule has 3 N–H and O–H groups in total. The van der Waals surface area contributed by atoms with Gasteiger partial charge in [0.25, 0.3) is 11.6 Å². The molecule has 21 heavy (non-hydrogen) atoms. The van der Waals surface area contributed by atoms with Crippen molar-refractivity contribution < 1.29 is 9.72 Å². The van der Waals surface area contributed by atoms with Crippen LogP contribution in [0.5, 0.6) is 0 Å². The molecule has 1 amide bonds. The van der Waals surface area contributed by atoms with Crippen molar-refractivity contribution in [1.29, 1.82) is 0 Å². The fourth-order valence-electron chi connectivity index (χ4n) is 2.17. The van der Waals surface area contributed by atoms with Crippen molar-refractivity contribution >= 4 is 28.9 Å². The number of non-ortho nitro benzene ring substituents is 1. The SMILES string of the molecule is CNC(=O)C1=C(C)NC(=S)N[C@@H]1c1ccc([N+](=O)[O-])cc1. The van der Waals surface area contributed by atoms with E-state index in [1.54, 1.807) is 26.1 Å². The Morgan fingerprint density at radius 1 is 1.38 bits per heavy atom. The predicted molar refractivity (Wildman–Crippen MR) is 81.5 cm³/mol. The van der Waals surface area contributed by atoms with E-state index in [9.17, 15) is 14.9 Å². The topological polar surface area (TPSA) is 96.3 Å². The van der Waals surface area contributed by atoms with Crippen LogP contribution in [0.25, 0.3) is 0 Å². The second kappa shape index (κ2) is 5.88. The van der Waals surface area contributed by atoms with Gasteiger partial charge in [-0.05, 0) is 36.8 Å². The first-order valence-corrected chi connectivity index (χ1v) is 6.59. The van der Waals surface area contributed by atoms with Crippen LogP contribution in [0.2, 0.25) is 0 Å². The molecular weight excluding hydrogens is 292 g/mol. The molecule has 0 aromatic heterocycles. The summed E-state index contributed by atoms with van der Waals surface area (Å²) >= 11 is 5.11. The molecule has 1 aliphatic rings. The number of benzene rings is 1. The zero-order valence-electron chi connectivity index (χ0n) is 11.5. The van der Waals surface area contributed by atoms with E-state index in [4.69, 9.17) is 12.2 Å². The highest BCUT2D eigenvalue weighted by Gasteiger charge is 2.29. The van der Waals surface area contributed by atoms with E-state index in [2.05, 4.69) is 16.0 Å². The molecule has 1 aromatic carbocycles. The average molecular weight is 306 g/mol. The Balaban J connectivity index is 2.43. The van der Waals surface area contributed by atoms with E-state index in [0.29, 0.717) is 16.4 Å². The normalized spacial score (nSPS) is 17.8. The van der Waals surface area contributed by atoms with Crippen LogP contribution in [0.1, 0.15) is 18.5 Å². The van der Waals surface area contributed by atoms with Crippen molar-refractivity contribution in [3.8, 4) is 0 Å². The Labute approximate surface area is 126 Å². The number of carbonyl (C=O) groups is 1. The van der Waals surface area contributed by atoms with Gasteiger partial charge in [-0.3, -0.25) is 14.9 Å². The van der Waals surface area contributed by atoms with Crippen LogP contribution in [0.15, 0.2) is 35.5 Å². The summed E-state index contributed by atoms with van der Waals surface area (Å²) in [5.41, 5.74) is 1.88. The number of nitro benzene ring substituents is 1. The third-order valence-corrected chi connectivity index (χ3v) is 3.40. The maximum absolute atomic E-state index is 12.0. The minimum Gasteiger partial charge on any atom is -0.355 e. The van der Waals surface area contributed by atoms with Crippen molar-refractivity contribution in [2.24, 2.45) is 0 Å². The lowest BCUT2D eigenvalue weighted by atomic mass is 9.95. The van der Waals surface area contributed by atoms with Crippen molar-refractivity contribution in [1.82, 2.24) is 16.0 Å². The third-order valence-electron chi connectivity index (χ3n) is 3.18. The van der Waals surface area contributed by atoms with Gasteiger partial charge in [-0.2, -0.15) is 0 Å². The lowest BCUT2D eigenvalue weighted by Gasteiger charge is -2.30. The molecule has 1 aliphatic heterocycles. The third kappa shape index (κ3) is 3.00. The van der Waals surface area contributed by atoms with Crippen molar-refractivity contribution in [3.63, 3.8) is 0 Å². The van der Waals surface area contributed by atoms with Crippen molar-refractivity contribution in [2.75, 3.05) is 7.05 Å². The molecular formula is C13H14N4O3S. The van der Waals surface area contributed by atoms with Gasteiger partial charge >= 0.3 is 0 Å². The van der Waals surface area contributed by atoms with E-state index in [-0.39, 0.29) is 11.6 Å². The van der Waals surface area contributed by atoms with Gasteiger partial charge in [0.2, 0.25) is 0 Å². The lowest BCUT2D eigenvalue weighted by Crippen LogP contribution is -2.46.